The van der Waals surface area contributed by atoms with Crippen LogP contribution >= 0.6 is 23.4 Å². The fourth-order valence-electron chi connectivity index (χ4n) is 2.16. The van der Waals surface area contributed by atoms with E-state index in [4.69, 9.17) is 11.6 Å². The van der Waals surface area contributed by atoms with E-state index in [1.165, 1.54) is 6.20 Å². The fraction of sp³-hybridized carbons (Fsp3) is 0.214. The number of rotatable bonds is 3. The van der Waals surface area contributed by atoms with Crippen LogP contribution in [0.5, 0.6) is 0 Å². The highest BCUT2D eigenvalue weighted by molar-refractivity contribution is 7.99. The maximum atomic E-state index is 12.5. The van der Waals surface area contributed by atoms with Crippen LogP contribution in [0.25, 0.3) is 0 Å². The zero-order chi connectivity index (χ0) is 15.5. The molecule has 1 aromatic carbocycles. The number of carbonyl (C=O) groups is 2. The molecule has 2 amide bonds. The van der Waals surface area contributed by atoms with Crippen LogP contribution in [0.15, 0.2) is 36.7 Å². The van der Waals surface area contributed by atoms with Gasteiger partial charge in [0.25, 0.3) is 5.91 Å². The molecule has 1 aromatic heterocycles. The van der Waals surface area contributed by atoms with E-state index in [9.17, 15) is 9.59 Å². The van der Waals surface area contributed by atoms with Crippen molar-refractivity contribution in [2.75, 3.05) is 16.9 Å². The monoisotopic (exact) mass is 336 g/mol. The van der Waals surface area contributed by atoms with Gasteiger partial charge >= 0.3 is 0 Å². The van der Waals surface area contributed by atoms with Crippen molar-refractivity contribution in [1.82, 2.24) is 15.1 Å². The number of nitrogens with zero attached hydrogens (tertiary/aromatic N) is 2. The summed E-state index contributed by atoms with van der Waals surface area (Å²) in [5, 5.41) is 9.72. The first-order valence-electron chi connectivity index (χ1n) is 6.59. The van der Waals surface area contributed by atoms with Gasteiger partial charge in [-0.25, -0.2) is 0 Å². The minimum absolute atomic E-state index is 0.172. The van der Waals surface area contributed by atoms with Crippen molar-refractivity contribution in [3.63, 3.8) is 0 Å². The van der Waals surface area contributed by atoms with Gasteiger partial charge in [-0.1, -0.05) is 11.6 Å². The van der Waals surface area contributed by atoms with E-state index in [0.717, 1.165) is 0 Å². The van der Waals surface area contributed by atoms with Gasteiger partial charge in [0.05, 0.1) is 17.8 Å². The van der Waals surface area contributed by atoms with Gasteiger partial charge in [-0.15, -0.1) is 11.8 Å². The Hall–Kier alpha value is -1.99. The normalized spacial score (nSPS) is 17.5. The predicted octanol–water partition coefficient (Wildman–Crippen LogP) is 2.22. The molecule has 2 heterocycles. The second-order valence-electron chi connectivity index (χ2n) is 4.77. The minimum Gasteiger partial charge on any atom is -0.322 e. The highest BCUT2D eigenvalue weighted by Gasteiger charge is 2.35. The Bertz CT molecular complexity index is 675. The number of anilines is 1. The molecule has 1 saturated heterocycles. The number of amides is 2. The van der Waals surface area contributed by atoms with Crippen molar-refractivity contribution in [2.45, 2.75) is 6.04 Å². The minimum atomic E-state index is -0.497. The Morgan fingerprint density at radius 2 is 2.14 bits per heavy atom. The first-order valence-corrected chi connectivity index (χ1v) is 8.12. The summed E-state index contributed by atoms with van der Waals surface area (Å²) in [7, 11) is 0. The molecule has 1 aliphatic heterocycles. The number of aromatic amines is 1. The van der Waals surface area contributed by atoms with Gasteiger partial charge in [0.1, 0.15) is 6.04 Å². The summed E-state index contributed by atoms with van der Waals surface area (Å²) in [6.45, 7) is 0. The van der Waals surface area contributed by atoms with E-state index in [1.54, 1.807) is 47.1 Å². The number of halogens is 1. The highest BCUT2D eigenvalue weighted by Crippen LogP contribution is 2.24. The largest absolute Gasteiger partial charge is 0.322 e. The molecule has 3 rings (SSSR count). The average molecular weight is 337 g/mol. The van der Waals surface area contributed by atoms with Crippen molar-refractivity contribution in [3.05, 3.63) is 47.2 Å². The van der Waals surface area contributed by atoms with Gasteiger partial charge in [-0.3, -0.25) is 14.7 Å². The molecule has 0 radical (unpaired) electrons. The summed E-state index contributed by atoms with van der Waals surface area (Å²) in [5.74, 6) is 0.677. The number of H-pyrrole nitrogens is 1. The number of thioether (sulfide) groups is 1. The van der Waals surface area contributed by atoms with Crippen molar-refractivity contribution >= 4 is 40.9 Å². The van der Waals surface area contributed by atoms with Crippen LogP contribution in [0.3, 0.4) is 0 Å². The molecular weight excluding hydrogens is 324 g/mol. The molecule has 0 spiro atoms. The SMILES string of the molecule is O=C(Nc1cn[nH]c1)C1CSCN1C(=O)c1ccc(Cl)cc1. The van der Waals surface area contributed by atoms with Crippen LogP contribution in [0.4, 0.5) is 5.69 Å². The third-order valence-electron chi connectivity index (χ3n) is 3.30. The number of hydrogen-bond donors (Lipinski definition) is 2. The lowest BCUT2D eigenvalue weighted by Crippen LogP contribution is -2.44. The number of aromatic nitrogens is 2. The van der Waals surface area contributed by atoms with Crippen LogP contribution in [0.1, 0.15) is 10.4 Å². The molecule has 8 heteroatoms. The molecule has 1 unspecified atom stereocenters. The van der Waals surface area contributed by atoms with Crippen LogP contribution in [0.2, 0.25) is 5.02 Å². The lowest BCUT2D eigenvalue weighted by atomic mass is 10.1. The standard InChI is InChI=1S/C14H13ClN4O2S/c15-10-3-1-9(2-4-10)14(21)19-8-22-7-12(19)13(20)18-11-5-16-17-6-11/h1-6,12H,7-8H2,(H,16,17)(H,18,20). The smallest absolute Gasteiger partial charge is 0.255 e. The summed E-state index contributed by atoms with van der Waals surface area (Å²) < 4.78 is 0. The zero-order valence-corrected chi connectivity index (χ0v) is 13.0. The van der Waals surface area contributed by atoms with Gasteiger partial charge < -0.3 is 10.2 Å². The fourth-order valence-corrected chi connectivity index (χ4v) is 3.44. The van der Waals surface area contributed by atoms with E-state index in [0.29, 0.717) is 27.9 Å². The van der Waals surface area contributed by atoms with E-state index >= 15 is 0 Å². The second kappa shape index (κ2) is 6.41. The maximum absolute atomic E-state index is 12.5. The van der Waals surface area contributed by atoms with Gasteiger partial charge in [-0.2, -0.15) is 5.10 Å². The molecule has 2 N–H and O–H groups in total. The average Bonchev–Trinajstić information content (AvgIpc) is 3.18. The van der Waals surface area contributed by atoms with Crippen molar-refractivity contribution in [1.29, 1.82) is 0 Å². The van der Waals surface area contributed by atoms with E-state index in [1.807, 2.05) is 0 Å². The van der Waals surface area contributed by atoms with Gasteiger partial charge in [-0.05, 0) is 24.3 Å². The van der Waals surface area contributed by atoms with Crippen molar-refractivity contribution < 1.29 is 9.59 Å². The van der Waals surface area contributed by atoms with E-state index in [-0.39, 0.29) is 11.8 Å². The van der Waals surface area contributed by atoms with Crippen LogP contribution in [-0.4, -0.2) is 44.6 Å². The van der Waals surface area contributed by atoms with Crippen molar-refractivity contribution in [2.24, 2.45) is 0 Å². The highest BCUT2D eigenvalue weighted by atomic mass is 35.5. The van der Waals surface area contributed by atoms with E-state index in [2.05, 4.69) is 15.5 Å². The molecule has 0 aliphatic carbocycles. The first-order chi connectivity index (χ1) is 10.6. The van der Waals surface area contributed by atoms with Crippen LogP contribution in [-0.2, 0) is 4.79 Å². The summed E-state index contributed by atoms with van der Waals surface area (Å²) in [6, 6.07) is 6.16. The predicted molar refractivity (Wildman–Crippen MR) is 86.0 cm³/mol. The number of carbonyl (C=O) groups excluding carboxylic acids is 2. The Kier molecular flexibility index (Phi) is 4.35. The Labute approximate surface area is 136 Å². The molecule has 6 nitrogen and oxygen atoms in total. The second-order valence-corrected chi connectivity index (χ2v) is 6.21. The lowest BCUT2D eigenvalue weighted by molar-refractivity contribution is -0.119. The first kappa shape index (κ1) is 14.9. The summed E-state index contributed by atoms with van der Waals surface area (Å²) in [5.41, 5.74) is 1.11. The van der Waals surface area contributed by atoms with Crippen LogP contribution < -0.4 is 5.32 Å². The number of benzene rings is 1. The molecule has 114 valence electrons. The maximum Gasteiger partial charge on any atom is 0.255 e. The van der Waals surface area contributed by atoms with Gasteiger partial charge in [0.15, 0.2) is 0 Å². The summed E-state index contributed by atoms with van der Waals surface area (Å²) in [6.07, 6.45) is 3.11. The van der Waals surface area contributed by atoms with Gasteiger partial charge in [0.2, 0.25) is 5.91 Å². The molecule has 1 atom stereocenters. The summed E-state index contributed by atoms with van der Waals surface area (Å²) >= 11 is 7.38. The molecule has 1 aliphatic rings. The molecule has 2 aromatic rings. The molecular formula is C14H13ClN4O2S. The Morgan fingerprint density at radius 1 is 1.36 bits per heavy atom. The van der Waals surface area contributed by atoms with E-state index < -0.39 is 6.04 Å². The third kappa shape index (κ3) is 3.10. The van der Waals surface area contributed by atoms with Crippen LogP contribution in [0, 0.1) is 0 Å². The van der Waals surface area contributed by atoms with Crippen molar-refractivity contribution in [3.8, 4) is 0 Å². The third-order valence-corrected chi connectivity index (χ3v) is 4.57. The van der Waals surface area contributed by atoms with Gasteiger partial charge in [0, 0.05) is 22.5 Å². The molecule has 0 bridgehead atoms. The Morgan fingerprint density at radius 3 is 2.82 bits per heavy atom. The molecule has 0 saturated carbocycles. The lowest BCUT2D eigenvalue weighted by Gasteiger charge is -2.22. The zero-order valence-electron chi connectivity index (χ0n) is 11.5. The quantitative estimate of drug-likeness (QED) is 0.901. The number of nitrogens with one attached hydrogen (secondary N) is 2. The Balaban J connectivity index is 1.73. The molecule has 22 heavy (non-hydrogen) atoms. The molecule has 1 fully saturated rings. The topological polar surface area (TPSA) is 78.1 Å². The summed E-state index contributed by atoms with van der Waals surface area (Å²) in [4.78, 5) is 26.5. The number of hydrogen-bond acceptors (Lipinski definition) is 4.